The normalized spacial score (nSPS) is 16.4. The van der Waals surface area contributed by atoms with E-state index < -0.39 is 0 Å². The van der Waals surface area contributed by atoms with E-state index in [2.05, 4.69) is 54.1 Å². The Morgan fingerprint density at radius 2 is 2.00 bits per heavy atom. The lowest BCUT2D eigenvalue weighted by Crippen LogP contribution is -2.21. The van der Waals surface area contributed by atoms with Crippen LogP contribution in [-0.4, -0.2) is 55.6 Å². The minimum atomic E-state index is 1.15. The first kappa shape index (κ1) is 14.6. The van der Waals surface area contributed by atoms with Crippen molar-refractivity contribution in [3.63, 3.8) is 0 Å². The molecule has 1 aromatic carbocycles. The van der Waals surface area contributed by atoms with E-state index in [0.717, 1.165) is 19.5 Å². The molecule has 114 valence electrons. The Morgan fingerprint density at radius 3 is 2.81 bits per heavy atom. The number of hydrogen-bond donors (Lipinski definition) is 1. The molecule has 3 rings (SSSR count). The largest absolute Gasteiger partial charge is 0.358 e. The molecule has 3 nitrogen and oxygen atoms in total. The monoisotopic (exact) mass is 285 g/mol. The Balaban J connectivity index is 1.83. The van der Waals surface area contributed by atoms with E-state index in [0.29, 0.717) is 0 Å². The van der Waals surface area contributed by atoms with Gasteiger partial charge in [-0.25, -0.2) is 0 Å². The molecule has 2 aromatic rings. The van der Waals surface area contributed by atoms with Gasteiger partial charge in [0.25, 0.3) is 0 Å². The molecule has 0 radical (unpaired) electrons. The highest BCUT2D eigenvalue weighted by Crippen LogP contribution is 2.27. The second kappa shape index (κ2) is 6.20. The zero-order chi connectivity index (χ0) is 14.8. The fourth-order valence-electron chi connectivity index (χ4n) is 3.32. The zero-order valence-corrected chi connectivity index (χ0v) is 13.6. The quantitative estimate of drug-likeness (QED) is 0.933. The third-order valence-electron chi connectivity index (χ3n) is 4.62. The average Bonchev–Trinajstić information content (AvgIpc) is 2.69. The van der Waals surface area contributed by atoms with Gasteiger partial charge in [0.2, 0.25) is 0 Å². The third-order valence-corrected chi connectivity index (χ3v) is 4.62. The molecule has 21 heavy (non-hydrogen) atoms. The van der Waals surface area contributed by atoms with Crippen LogP contribution in [-0.2, 0) is 19.3 Å². The van der Waals surface area contributed by atoms with Gasteiger partial charge in [0.15, 0.2) is 0 Å². The second-order valence-electron chi connectivity index (χ2n) is 6.67. The second-order valence-corrected chi connectivity index (χ2v) is 6.67. The molecular formula is C18H27N3. The summed E-state index contributed by atoms with van der Waals surface area (Å²) < 4.78 is 0. The molecule has 1 aromatic heterocycles. The fraction of sp³-hybridized carbons (Fsp3) is 0.556. The first-order valence-electron chi connectivity index (χ1n) is 8.09. The molecular weight excluding hydrogens is 258 g/mol. The van der Waals surface area contributed by atoms with E-state index in [1.165, 1.54) is 48.0 Å². The van der Waals surface area contributed by atoms with Crippen LogP contribution in [0.1, 0.15) is 23.2 Å². The summed E-state index contributed by atoms with van der Waals surface area (Å²) in [5.41, 5.74) is 5.81. The molecule has 0 spiro atoms. The highest BCUT2D eigenvalue weighted by Gasteiger charge is 2.16. The maximum atomic E-state index is 3.64. The van der Waals surface area contributed by atoms with Crippen molar-refractivity contribution in [2.45, 2.75) is 25.7 Å². The Kier molecular flexibility index (Phi) is 4.32. The number of aromatic amines is 1. The number of hydrogen-bond acceptors (Lipinski definition) is 2. The number of likely N-dealkylation sites (N-methyl/N-ethyl adjacent to an activating group) is 1. The molecule has 0 atom stereocenters. The summed E-state index contributed by atoms with van der Waals surface area (Å²) >= 11 is 0. The van der Waals surface area contributed by atoms with Crippen molar-refractivity contribution in [3.05, 3.63) is 35.0 Å². The standard InChI is InChI=1S/C18H27N3/c1-20(2)10-4-5-14-6-7-17-16(13-14)15-8-11-21(3)12-9-18(15)19-17/h6-7,13,19H,4-5,8-12H2,1-3H3. The first-order chi connectivity index (χ1) is 10.1. The molecule has 0 amide bonds. The van der Waals surface area contributed by atoms with Gasteiger partial charge in [-0.15, -0.1) is 0 Å². The van der Waals surface area contributed by atoms with Crippen LogP contribution in [0, 0.1) is 0 Å². The maximum Gasteiger partial charge on any atom is 0.0459 e. The smallest absolute Gasteiger partial charge is 0.0459 e. The SMILES string of the molecule is CN(C)CCCc1ccc2[nH]c3c(c2c1)CCN(C)CC3. The fourth-order valence-corrected chi connectivity index (χ4v) is 3.32. The summed E-state index contributed by atoms with van der Waals surface area (Å²) in [5.74, 6) is 0. The molecule has 1 aliphatic heterocycles. The van der Waals surface area contributed by atoms with Crippen molar-refractivity contribution in [3.8, 4) is 0 Å². The Labute approximate surface area is 127 Å². The van der Waals surface area contributed by atoms with Crippen LogP contribution in [0.5, 0.6) is 0 Å². The summed E-state index contributed by atoms with van der Waals surface area (Å²) in [5, 5.41) is 1.46. The number of nitrogens with one attached hydrogen (secondary N) is 1. The minimum absolute atomic E-state index is 1.15. The van der Waals surface area contributed by atoms with Gasteiger partial charge >= 0.3 is 0 Å². The molecule has 2 heterocycles. The number of H-pyrrole nitrogens is 1. The average molecular weight is 285 g/mol. The summed E-state index contributed by atoms with van der Waals surface area (Å²) in [6.07, 6.45) is 4.73. The van der Waals surface area contributed by atoms with Crippen molar-refractivity contribution in [2.24, 2.45) is 0 Å². The van der Waals surface area contributed by atoms with E-state index in [1.807, 2.05) is 0 Å². The van der Waals surface area contributed by atoms with Gasteiger partial charge in [-0.2, -0.15) is 0 Å². The van der Waals surface area contributed by atoms with Crippen LogP contribution in [0.2, 0.25) is 0 Å². The third kappa shape index (κ3) is 3.30. The van der Waals surface area contributed by atoms with Gasteiger partial charge in [-0.3, -0.25) is 0 Å². The Bertz CT molecular complexity index is 612. The molecule has 0 unspecified atom stereocenters. The van der Waals surface area contributed by atoms with Crippen molar-refractivity contribution >= 4 is 10.9 Å². The van der Waals surface area contributed by atoms with Crippen LogP contribution in [0.25, 0.3) is 10.9 Å². The van der Waals surface area contributed by atoms with Crippen LogP contribution < -0.4 is 0 Å². The number of rotatable bonds is 4. The molecule has 0 bridgehead atoms. The molecule has 1 aliphatic rings. The van der Waals surface area contributed by atoms with E-state index in [-0.39, 0.29) is 0 Å². The van der Waals surface area contributed by atoms with Crippen LogP contribution in [0.15, 0.2) is 18.2 Å². The lowest BCUT2D eigenvalue weighted by molar-refractivity contribution is 0.352. The Morgan fingerprint density at radius 1 is 1.19 bits per heavy atom. The molecule has 0 aliphatic carbocycles. The van der Waals surface area contributed by atoms with Crippen molar-refractivity contribution < 1.29 is 0 Å². The van der Waals surface area contributed by atoms with Gasteiger partial charge in [-0.05, 0) is 70.2 Å². The van der Waals surface area contributed by atoms with Crippen molar-refractivity contribution in [1.29, 1.82) is 0 Å². The first-order valence-corrected chi connectivity index (χ1v) is 8.09. The number of nitrogens with zero attached hydrogens (tertiary/aromatic N) is 2. The highest BCUT2D eigenvalue weighted by atomic mass is 15.1. The lowest BCUT2D eigenvalue weighted by Gasteiger charge is -2.11. The molecule has 1 N–H and O–H groups in total. The number of aryl methyl sites for hydroxylation is 1. The van der Waals surface area contributed by atoms with Gasteiger partial charge in [0, 0.05) is 36.1 Å². The number of benzene rings is 1. The van der Waals surface area contributed by atoms with Crippen molar-refractivity contribution in [2.75, 3.05) is 40.8 Å². The van der Waals surface area contributed by atoms with E-state index in [9.17, 15) is 0 Å². The van der Waals surface area contributed by atoms with E-state index >= 15 is 0 Å². The van der Waals surface area contributed by atoms with E-state index in [4.69, 9.17) is 0 Å². The predicted molar refractivity (Wildman–Crippen MR) is 90.1 cm³/mol. The van der Waals surface area contributed by atoms with Crippen LogP contribution in [0.4, 0.5) is 0 Å². The van der Waals surface area contributed by atoms with Gasteiger partial charge in [-0.1, -0.05) is 6.07 Å². The van der Waals surface area contributed by atoms with E-state index in [1.54, 1.807) is 5.56 Å². The number of fused-ring (bicyclic) bond motifs is 3. The molecule has 0 saturated carbocycles. The maximum absolute atomic E-state index is 3.64. The molecule has 0 saturated heterocycles. The molecule has 3 heteroatoms. The van der Waals surface area contributed by atoms with Crippen molar-refractivity contribution in [1.82, 2.24) is 14.8 Å². The summed E-state index contributed by atoms with van der Waals surface area (Å²) in [6, 6.07) is 6.99. The van der Waals surface area contributed by atoms with Gasteiger partial charge in [0.05, 0.1) is 0 Å². The topological polar surface area (TPSA) is 22.3 Å². The van der Waals surface area contributed by atoms with Gasteiger partial charge in [0.1, 0.15) is 0 Å². The summed E-state index contributed by atoms with van der Waals surface area (Å²) in [7, 11) is 6.51. The lowest BCUT2D eigenvalue weighted by atomic mass is 10.0. The molecule has 0 fully saturated rings. The highest BCUT2D eigenvalue weighted by molar-refractivity contribution is 5.85. The van der Waals surface area contributed by atoms with Crippen LogP contribution >= 0.6 is 0 Å². The summed E-state index contributed by atoms with van der Waals surface area (Å²) in [6.45, 7) is 3.49. The minimum Gasteiger partial charge on any atom is -0.358 e. The number of aromatic nitrogens is 1. The zero-order valence-electron chi connectivity index (χ0n) is 13.6. The predicted octanol–water partition coefficient (Wildman–Crippen LogP) is 2.69. The van der Waals surface area contributed by atoms with Crippen LogP contribution in [0.3, 0.4) is 0 Å². The summed E-state index contributed by atoms with van der Waals surface area (Å²) in [4.78, 5) is 8.33. The Hall–Kier alpha value is -1.32. The van der Waals surface area contributed by atoms with Gasteiger partial charge < -0.3 is 14.8 Å².